The summed E-state index contributed by atoms with van der Waals surface area (Å²) < 4.78 is 81.6. The Kier molecular flexibility index (Phi) is 6.18. The lowest BCUT2D eigenvalue weighted by molar-refractivity contribution is -0.269. The van der Waals surface area contributed by atoms with Gasteiger partial charge in [-0.15, -0.1) is 0 Å². The Morgan fingerprint density at radius 3 is 2.67 bits per heavy atom. The van der Waals surface area contributed by atoms with E-state index in [1.165, 1.54) is 9.47 Å². The molecule has 0 saturated carbocycles. The fourth-order valence-electron chi connectivity index (χ4n) is 4.51. The van der Waals surface area contributed by atoms with Crippen molar-refractivity contribution in [2.75, 3.05) is 6.61 Å². The van der Waals surface area contributed by atoms with E-state index in [0.29, 0.717) is 11.4 Å². The Morgan fingerprint density at radius 2 is 2.03 bits per heavy atom. The van der Waals surface area contributed by atoms with Crippen molar-refractivity contribution in [1.82, 2.24) is 14.5 Å². The Hall–Kier alpha value is -2.57. The van der Waals surface area contributed by atoms with Crippen molar-refractivity contribution in [2.45, 2.75) is 56.9 Å². The predicted molar refractivity (Wildman–Crippen MR) is 105 cm³/mol. The topological polar surface area (TPSA) is 82.6 Å². The van der Waals surface area contributed by atoms with Crippen molar-refractivity contribution >= 4 is 5.97 Å². The van der Waals surface area contributed by atoms with E-state index in [9.17, 15) is 26.7 Å². The van der Waals surface area contributed by atoms with E-state index in [1.807, 2.05) is 0 Å². The number of nitrogens with two attached hydrogens (primary N) is 1. The van der Waals surface area contributed by atoms with Crippen LogP contribution in [0.4, 0.5) is 22.0 Å². The molecule has 4 atom stereocenters. The van der Waals surface area contributed by atoms with Gasteiger partial charge in [0.25, 0.3) is 0 Å². The maximum Gasteiger partial charge on any atom is 0.416 e. The fourth-order valence-corrected chi connectivity index (χ4v) is 4.51. The minimum atomic E-state index is -4.77. The lowest BCUT2D eigenvalue weighted by Crippen LogP contribution is -2.58. The Labute approximate surface area is 186 Å². The van der Waals surface area contributed by atoms with Crippen LogP contribution < -0.4 is 5.73 Å². The molecule has 4 rings (SSSR count). The number of rotatable bonds is 4. The van der Waals surface area contributed by atoms with Crippen LogP contribution in [0.3, 0.4) is 0 Å². The molecular formula is C21H23F5N4O3. The predicted octanol–water partition coefficient (Wildman–Crippen LogP) is 2.98. The van der Waals surface area contributed by atoms with Crippen LogP contribution >= 0.6 is 0 Å². The van der Waals surface area contributed by atoms with Crippen LogP contribution in [-0.2, 0) is 29.6 Å². The average molecular weight is 474 g/mol. The maximum atomic E-state index is 14.2. The highest BCUT2D eigenvalue weighted by molar-refractivity contribution is 5.85. The molecule has 1 saturated heterocycles. The van der Waals surface area contributed by atoms with Gasteiger partial charge in [0.1, 0.15) is 17.7 Å². The van der Waals surface area contributed by atoms with E-state index in [-0.39, 0.29) is 37.5 Å². The summed E-state index contributed by atoms with van der Waals surface area (Å²) in [6.07, 6.45) is -8.67. The summed E-state index contributed by atoms with van der Waals surface area (Å²) in [5.41, 5.74) is 6.82. The number of alkyl halides is 3. The molecule has 12 heteroatoms. The molecule has 1 fully saturated rings. The number of aromatic nitrogens is 2. The number of hydrogen-bond acceptors (Lipinski definition) is 6. The zero-order chi connectivity index (χ0) is 24.1. The Balaban J connectivity index is 1.59. The third-order valence-electron chi connectivity index (χ3n) is 6.06. The molecule has 0 bridgehead atoms. The maximum absolute atomic E-state index is 14.2. The monoisotopic (exact) mass is 474 g/mol. The summed E-state index contributed by atoms with van der Waals surface area (Å²) in [6, 6.07) is 0.334. The molecule has 1 unspecified atom stereocenters. The minimum absolute atomic E-state index is 0.0505. The molecule has 1 aromatic heterocycles. The van der Waals surface area contributed by atoms with Gasteiger partial charge in [0, 0.05) is 37.8 Å². The number of imidazole rings is 1. The van der Waals surface area contributed by atoms with Crippen LogP contribution in [0, 0.1) is 11.6 Å². The van der Waals surface area contributed by atoms with Crippen molar-refractivity contribution in [3.63, 3.8) is 0 Å². The number of hydrogen-bond donors (Lipinski definition) is 1. The van der Waals surface area contributed by atoms with Crippen LogP contribution in [0.15, 0.2) is 18.2 Å². The van der Waals surface area contributed by atoms with Gasteiger partial charge in [0.05, 0.1) is 18.0 Å². The molecule has 0 radical (unpaired) electrons. The molecule has 2 aromatic rings. The van der Waals surface area contributed by atoms with Crippen molar-refractivity contribution in [2.24, 2.45) is 12.8 Å². The molecule has 33 heavy (non-hydrogen) atoms. The van der Waals surface area contributed by atoms with Crippen molar-refractivity contribution in [3.05, 3.63) is 52.6 Å². The first kappa shape index (κ1) is 23.6. The van der Waals surface area contributed by atoms with Crippen molar-refractivity contribution in [3.8, 4) is 0 Å². The molecule has 180 valence electrons. The van der Waals surface area contributed by atoms with Gasteiger partial charge in [-0.2, -0.15) is 13.2 Å². The number of nitrogens with zero attached hydrogens (tertiary/aromatic N) is 3. The van der Waals surface area contributed by atoms with E-state index in [2.05, 4.69) is 4.98 Å². The molecule has 0 aliphatic carbocycles. The molecular weight excluding hydrogens is 451 g/mol. The zero-order valence-electron chi connectivity index (χ0n) is 17.9. The van der Waals surface area contributed by atoms with Gasteiger partial charge < -0.3 is 19.8 Å². The quantitative estimate of drug-likeness (QED) is 0.542. The SMILES string of the molecule is CCOC(=O)c1nc2c(n1C)CN([C@@H]1C[C@H](N)[C@@H](c3cc(F)ccc3F)OC1C(F)(F)F)C2. The molecule has 7 nitrogen and oxygen atoms in total. The highest BCUT2D eigenvalue weighted by Crippen LogP contribution is 2.42. The largest absolute Gasteiger partial charge is 0.460 e. The molecule has 3 heterocycles. The van der Waals surface area contributed by atoms with Gasteiger partial charge in [0.15, 0.2) is 6.10 Å². The van der Waals surface area contributed by atoms with E-state index in [1.54, 1.807) is 14.0 Å². The van der Waals surface area contributed by atoms with Gasteiger partial charge in [-0.25, -0.2) is 18.6 Å². The molecule has 1 aromatic carbocycles. The Morgan fingerprint density at radius 1 is 1.30 bits per heavy atom. The van der Waals surface area contributed by atoms with Crippen molar-refractivity contribution in [1.29, 1.82) is 0 Å². The normalized spacial score (nSPS) is 25.8. The minimum Gasteiger partial charge on any atom is -0.460 e. The van der Waals surface area contributed by atoms with Crippen molar-refractivity contribution < 1.29 is 36.2 Å². The number of benzene rings is 1. The second kappa shape index (κ2) is 8.65. The lowest BCUT2D eigenvalue weighted by atomic mass is 9.89. The number of ether oxygens (including phenoxy) is 2. The summed E-state index contributed by atoms with van der Waals surface area (Å²) in [7, 11) is 1.59. The Bertz CT molecular complexity index is 1060. The first-order chi connectivity index (χ1) is 15.5. The number of carbonyl (C=O) groups excluding carboxylic acids is 1. The first-order valence-corrected chi connectivity index (χ1v) is 10.4. The van der Waals surface area contributed by atoms with E-state index in [4.69, 9.17) is 15.2 Å². The summed E-state index contributed by atoms with van der Waals surface area (Å²) in [5.74, 6) is -2.23. The third-order valence-corrected chi connectivity index (χ3v) is 6.06. The van der Waals surface area contributed by atoms with E-state index < -0.39 is 48.1 Å². The zero-order valence-corrected chi connectivity index (χ0v) is 17.9. The highest BCUT2D eigenvalue weighted by atomic mass is 19.4. The van der Waals surface area contributed by atoms with Crippen LogP contribution in [0.5, 0.6) is 0 Å². The standard InChI is InChI=1S/C21H23F5N4O3/c1-3-32-20(31)19-28-14-8-30(9-16(14)29(19)2)15-7-13(27)17(33-18(15)21(24,25)26)11-6-10(22)4-5-12(11)23/h4-6,13,15,17-18H,3,7-9,27H2,1-2H3/t13-,15+,17+,18?/m0/s1. The number of esters is 1. The van der Waals surface area contributed by atoms with Crippen LogP contribution in [0.2, 0.25) is 0 Å². The number of carbonyl (C=O) groups is 1. The first-order valence-electron chi connectivity index (χ1n) is 10.4. The smallest absolute Gasteiger partial charge is 0.416 e. The summed E-state index contributed by atoms with van der Waals surface area (Å²) in [5, 5.41) is 0. The van der Waals surface area contributed by atoms with Gasteiger partial charge in [-0.1, -0.05) is 0 Å². The van der Waals surface area contributed by atoms with E-state index >= 15 is 0 Å². The van der Waals surface area contributed by atoms with Gasteiger partial charge in [-0.05, 0) is 31.5 Å². The summed E-state index contributed by atoms with van der Waals surface area (Å²) in [6.45, 7) is 1.96. The summed E-state index contributed by atoms with van der Waals surface area (Å²) >= 11 is 0. The van der Waals surface area contributed by atoms with Gasteiger partial charge in [0.2, 0.25) is 5.82 Å². The van der Waals surface area contributed by atoms with Crippen LogP contribution in [0.1, 0.15) is 47.0 Å². The fraction of sp³-hybridized carbons (Fsp3) is 0.524. The second-order valence-electron chi connectivity index (χ2n) is 8.16. The van der Waals surface area contributed by atoms with Crippen LogP contribution in [-0.4, -0.2) is 51.4 Å². The second-order valence-corrected chi connectivity index (χ2v) is 8.16. The van der Waals surface area contributed by atoms with E-state index in [0.717, 1.165) is 18.2 Å². The molecule has 2 aliphatic rings. The molecule has 0 amide bonds. The third kappa shape index (κ3) is 4.34. The van der Waals surface area contributed by atoms with Gasteiger partial charge >= 0.3 is 12.1 Å². The highest BCUT2D eigenvalue weighted by Gasteiger charge is 2.54. The van der Waals surface area contributed by atoms with Gasteiger partial charge in [-0.3, -0.25) is 4.90 Å². The van der Waals surface area contributed by atoms with Crippen LogP contribution in [0.25, 0.3) is 0 Å². The number of halogens is 5. The molecule has 2 aliphatic heterocycles. The molecule has 0 spiro atoms. The lowest BCUT2D eigenvalue weighted by Gasteiger charge is -2.44. The molecule has 2 N–H and O–H groups in total. The summed E-state index contributed by atoms with van der Waals surface area (Å²) in [4.78, 5) is 17.8. The average Bonchev–Trinajstić information content (AvgIpc) is 3.28. The number of fused-ring (bicyclic) bond motifs is 1.